The first kappa shape index (κ1) is 24.7. The Morgan fingerprint density at radius 1 is 1.12 bits per heavy atom. The van der Waals surface area contributed by atoms with Crippen molar-refractivity contribution >= 4 is 45.2 Å². The number of carbonyl (C=O) groups excluding carboxylic acids is 1. The largest absolute Gasteiger partial charge is 0.493 e. The molecule has 0 spiro atoms. The Kier molecular flexibility index (Phi) is 8.05. The van der Waals surface area contributed by atoms with Crippen LogP contribution in [0.1, 0.15) is 16.7 Å². The van der Waals surface area contributed by atoms with E-state index in [1.807, 2.05) is 30.3 Å². The zero-order valence-corrected chi connectivity index (χ0v) is 19.6. The van der Waals surface area contributed by atoms with Crippen LogP contribution in [-0.2, 0) is 17.6 Å². The summed E-state index contributed by atoms with van der Waals surface area (Å²) < 4.78 is 50.9. The van der Waals surface area contributed by atoms with Crippen LogP contribution in [0.2, 0.25) is 5.02 Å². The minimum atomic E-state index is -4.62. The fraction of sp³-hybridized carbons (Fsp3) is 0.125. The van der Waals surface area contributed by atoms with E-state index in [4.69, 9.17) is 21.1 Å². The molecular weight excluding hydrogens is 523 g/mol. The highest BCUT2D eigenvalue weighted by Crippen LogP contribution is 2.38. The number of ether oxygens (including phenoxy) is 2. The maximum Gasteiger partial charge on any atom is 0.417 e. The van der Waals surface area contributed by atoms with E-state index in [2.05, 4.69) is 21.2 Å². The first-order valence-electron chi connectivity index (χ1n) is 9.57. The third-order valence-corrected chi connectivity index (χ3v) is 5.36. The molecule has 3 aromatic rings. The number of hydrogen-bond acceptors (Lipinski definition) is 3. The van der Waals surface area contributed by atoms with E-state index < -0.39 is 22.7 Å². The van der Waals surface area contributed by atoms with E-state index in [1.54, 1.807) is 12.1 Å². The molecule has 0 aliphatic heterocycles. The molecule has 1 N–H and O–H groups in total. The van der Waals surface area contributed by atoms with Crippen molar-refractivity contribution in [3.63, 3.8) is 0 Å². The highest BCUT2D eigenvalue weighted by atomic mass is 79.9. The molecule has 0 aromatic heterocycles. The smallest absolute Gasteiger partial charge is 0.417 e. The van der Waals surface area contributed by atoms with Gasteiger partial charge in [0.15, 0.2) is 11.5 Å². The van der Waals surface area contributed by atoms with Crippen molar-refractivity contribution in [2.24, 2.45) is 0 Å². The lowest BCUT2D eigenvalue weighted by Crippen LogP contribution is -2.11. The molecule has 3 rings (SSSR count). The van der Waals surface area contributed by atoms with E-state index in [1.165, 1.54) is 25.3 Å². The normalized spacial score (nSPS) is 11.5. The maximum absolute atomic E-state index is 13.0. The van der Waals surface area contributed by atoms with Crippen LogP contribution in [0.25, 0.3) is 6.08 Å². The van der Waals surface area contributed by atoms with Gasteiger partial charge in [0.2, 0.25) is 5.91 Å². The fourth-order valence-corrected chi connectivity index (χ4v) is 3.68. The van der Waals surface area contributed by atoms with Gasteiger partial charge < -0.3 is 14.8 Å². The van der Waals surface area contributed by atoms with Gasteiger partial charge in [0.1, 0.15) is 6.61 Å². The monoisotopic (exact) mass is 539 g/mol. The second-order valence-electron chi connectivity index (χ2n) is 6.82. The lowest BCUT2D eigenvalue weighted by atomic mass is 10.1. The molecule has 0 unspecified atom stereocenters. The van der Waals surface area contributed by atoms with Gasteiger partial charge in [-0.3, -0.25) is 4.79 Å². The highest BCUT2D eigenvalue weighted by molar-refractivity contribution is 9.10. The molecular formula is C24H18BrClF3NO3. The number of rotatable bonds is 7. The Hall–Kier alpha value is -2.97. The Morgan fingerprint density at radius 2 is 1.85 bits per heavy atom. The topological polar surface area (TPSA) is 47.6 Å². The molecule has 0 fully saturated rings. The van der Waals surface area contributed by atoms with Crippen molar-refractivity contribution < 1.29 is 27.4 Å². The van der Waals surface area contributed by atoms with E-state index in [-0.39, 0.29) is 5.69 Å². The van der Waals surface area contributed by atoms with Gasteiger partial charge >= 0.3 is 6.18 Å². The molecule has 0 saturated heterocycles. The Labute approximate surface area is 202 Å². The molecule has 0 heterocycles. The van der Waals surface area contributed by atoms with Crippen LogP contribution in [0.4, 0.5) is 18.9 Å². The summed E-state index contributed by atoms with van der Waals surface area (Å²) in [6, 6.07) is 16.2. The molecule has 4 nitrogen and oxygen atoms in total. The maximum atomic E-state index is 13.0. The number of anilines is 1. The number of carbonyl (C=O) groups is 1. The van der Waals surface area contributed by atoms with Crippen molar-refractivity contribution in [2.45, 2.75) is 12.8 Å². The van der Waals surface area contributed by atoms with Crippen LogP contribution in [-0.4, -0.2) is 13.0 Å². The van der Waals surface area contributed by atoms with Crippen LogP contribution < -0.4 is 14.8 Å². The molecule has 1 amide bonds. The number of alkyl halides is 3. The molecule has 0 aliphatic carbocycles. The molecule has 172 valence electrons. The SMILES string of the molecule is COc1cc(C=CC(=O)Nc2ccc(Cl)c(C(F)(F)F)c2)cc(Br)c1OCc1ccccc1. The van der Waals surface area contributed by atoms with Crippen molar-refractivity contribution in [1.82, 2.24) is 0 Å². The average molecular weight is 541 g/mol. The summed E-state index contributed by atoms with van der Waals surface area (Å²) in [5.41, 5.74) is 0.562. The second kappa shape index (κ2) is 10.8. The second-order valence-corrected chi connectivity index (χ2v) is 8.08. The van der Waals surface area contributed by atoms with Crippen molar-refractivity contribution in [2.75, 3.05) is 12.4 Å². The summed E-state index contributed by atoms with van der Waals surface area (Å²) >= 11 is 9.05. The molecule has 33 heavy (non-hydrogen) atoms. The molecule has 0 atom stereocenters. The van der Waals surface area contributed by atoms with Crippen LogP contribution in [0.3, 0.4) is 0 Å². The first-order valence-corrected chi connectivity index (χ1v) is 10.7. The Bertz CT molecular complexity index is 1170. The summed E-state index contributed by atoms with van der Waals surface area (Å²) in [5.74, 6) is 0.349. The summed E-state index contributed by atoms with van der Waals surface area (Å²) in [4.78, 5) is 12.2. The number of halogens is 5. The molecule has 0 saturated carbocycles. The number of hydrogen-bond donors (Lipinski definition) is 1. The van der Waals surface area contributed by atoms with Crippen molar-refractivity contribution in [3.8, 4) is 11.5 Å². The van der Waals surface area contributed by atoms with Gasteiger partial charge in [-0.25, -0.2) is 0 Å². The predicted octanol–water partition coefficient (Wildman–Crippen LogP) is 7.36. The van der Waals surface area contributed by atoms with Crippen LogP contribution in [0.5, 0.6) is 11.5 Å². The first-order chi connectivity index (χ1) is 15.7. The lowest BCUT2D eigenvalue weighted by molar-refractivity contribution is -0.137. The van der Waals surface area contributed by atoms with E-state index in [0.717, 1.165) is 17.7 Å². The minimum absolute atomic E-state index is 0.0233. The van der Waals surface area contributed by atoms with E-state index >= 15 is 0 Å². The Balaban J connectivity index is 1.72. The number of amides is 1. The van der Waals surface area contributed by atoms with Crippen LogP contribution in [0.15, 0.2) is 71.2 Å². The quantitative estimate of drug-likeness (QED) is 0.319. The number of benzene rings is 3. The summed E-state index contributed by atoms with van der Waals surface area (Å²) in [6.07, 6.45) is -1.92. The molecule has 0 aliphatic rings. The highest BCUT2D eigenvalue weighted by Gasteiger charge is 2.33. The summed E-state index contributed by atoms with van der Waals surface area (Å²) in [7, 11) is 1.50. The lowest BCUT2D eigenvalue weighted by Gasteiger charge is -2.13. The number of nitrogens with one attached hydrogen (secondary N) is 1. The average Bonchev–Trinajstić information content (AvgIpc) is 2.77. The zero-order valence-electron chi connectivity index (χ0n) is 17.2. The zero-order chi connectivity index (χ0) is 24.0. The van der Waals surface area contributed by atoms with Gasteiger partial charge in [-0.2, -0.15) is 13.2 Å². The molecule has 0 radical (unpaired) electrons. The van der Waals surface area contributed by atoms with Crippen LogP contribution in [0, 0.1) is 0 Å². The predicted molar refractivity (Wildman–Crippen MR) is 126 cm³/mol. The summed E-state index contributed by atoms with van der Waals surface area (Å²) in [5, 5.41) is 1.95. The third-order valence-electron chi connectivity index (χ3n) is 4.44. The van der Waals surface area contributed by atoms with Crippen molar-refractivity contribution in [1.29, 1.82) is 0 Å². The van der Waals surface area contributed by atoms with Gasteiger partial charge in [-0.15, -0.1) is 0 Å². The van der Waals surface area contributed by atoms with E-state index in [0.29, 0.717) is 28.1 Å². The minimum Gasteiger partial charge on any atom is -0.493 e. The van der Waals surface area contributed by atoms with Crippen molar-refractivity contribution in [3.05, 3.63) is 92.9 Å². The van der Waals surface area contributed by atoms with Crippen LogP contribution >= 0.6 is 27.5 Å². The Morgan fingerprint density at radius 3 is 2.52 bits per heavy atom. The number of methoxy groups -OCH3 is 1. The third kappa shape index (κ3) is 6.76. The van der Waals surface area contributed by atoms with E-state index in [9.17, 15) is 18.0 Å². The van der Waals surface area contributed by atoms with Gasteiger partial charge in [0, 0.05) is 11.8 Å². The van der Waals surface area contributed by atoms with Gasteiger partial charge in [0.25, 0.3) is 0 Å². The fourth-order valence-electron chi connectivity index (χ4n) is 2.88. The molecule has 0 bridgehead atoms. The molecule has 3 aromatic carbocycles. The van der Waals surface area contributed by atoms with Gasteiger partial charge in [0.05, 0.1) is 22.2 Å². The summed E-state index contributed by atoms with van der Waals surface area (Å²) in [6.45, 7) is 0.342. The standard InChI is InChI=1S/C24H18BrClF3NO3/c1-32-21-12-16(11-19(25)23(21)33-14-15-5-3-2-4-6-15)7-10-22(31)30-17-8-9-20(26)18(13-17)24(27,28)29/h2-13H,14H2,1H3,(H,30,31). The van der Waals surface area contributed by atoms with Gasteiger partial charge in [-0.05, 0) is 63.5 Å². The molecule has 9 heteroatoms. The van der Waals surface area contributed by atoms with Gasteiger partial charge in [-0.1, -0.05) is 41.9 Å².